The van der Waals surface area contributed by atoms with E-state index in [2.05, 4.69) is 0 Å². The first-order chi connectivity index (χ1) is 9.59. The molecule has 0 atom stereocenters. The quantitative estimate of drug-likeness (QED) is 0.888. The number of hydrogen-bond acceptors (Lipinski definition) is 2. The Morgan fingerprint density at radius 3 is 2.30 bits per heavy atom. The van der Waals surface area contributed by atoms with E-state index >= 15 is 0 Å². The number of hydrogen-bond donors (Lipinski definition) is 2. The van der Waals surface area contributed by atoms with Crippen LogP contribution in [0.25, 0.3) is 0 Å². The zero-order valence-corrected chi connectivity index (χ0v) is 12.3. The highest BCUT2D eigenvalue weighted by atomic mass is 35.5. The maximum Gasteiger partial charge on any atom is 0.0553 e. The minimum Gasteiger partial charge on any atom is -0.395 e. The first-order valence-corrected chi connectivity index (χ1v) is 7.01. The third-order valence-corrected chi connectivity index (χ3v) is 3.90. The molecule has 106 valence electrons. The number of aliphatic hydroxyl groups is 2. The van der Waals surface area contributed by atoms with E-state index in [1.165, 1.54) is 0 Å². The van der Waals surface area contributed by atoms with Crippen molar-refractivity contribution in [1.29, 1.82) is 0 Å². The van der Waals surface area contributed by atoms with Gasteiger partial charge in [0.25, 0.3) is 0 Å². The second-order valence-corrected chi connectivity index (χ2v) is 5.71. The second kappa shape index (κ2) is 6.40. The van der Waals surface area contributed by atoms with Crippen molar-refractivity contribution < 1.29 is 10.2 Å². The molecule has 2 nitrogen and oxygen atoms in total. The van der Waals surface area contributed by atoms with Crippen molar-refractivity contribution in [2.45, 2.75) is 18.8 Å². The smallest absolute Gasteiger partial charge is 0.0553 e. The van der Waals surface area contributed by atoms with E-state index in [4.69, 9.17) is 11.6 Å². The van der Waals surface area contributed by atoms with Gasteiger partial charge in [0, 0.05) is 10.4 Å². The summed E-state index contributed by atoms with van der Waals surface area (Å²) in [6, 6.07) is 15.4. The summed E-state index contributed by atoms with van der Waals surface area (Å²) in [4.78, 5) is 0. The molecule has 0 radical (unpaired) electrons. The Labute approximate surface area is 124 Å². The van der Waals surface area contributed by atoms with Crippen molar-refractivity contribution >= 4 is 11.6 Å². The second-order valence-electron chi connectivity index (χ2n) is 5.27. The van der Waals surface area contributed by atoms with Crippen molar-refractivity contribution in [2.75, 3.05) is 13.2 Å². The molecule has 3 heteroatoms. The Kier molecular flexibility index (Phi) is 4.81. The van der Waals surface area contributed by atoms with Gasteiger partial charge in [-0.15, -0.1) is 0 Å². The number of benzene rings is 2. The molecule has 2 aromatic rings. The molecule has 0 aliphatic carbocycles. The Morgan fingerprint density at radius 1 is 1.00 bits per heavy atom. The predicted octanol–water partition coefficient (Wildman–Crippen LogP) is 3.11. The fourth-order valence-corrected chi connectivity index (χ4v) is 2.67. The minimum atomic E-state index is -0.684. The average Bonchev–Trinajstić information content (AvgIpc) is 2.45. The van der Waals surface area contributed by atoms with Crippen LogP contribution in [0, 0.1) is 6.92 Å². The van der Waals surface area contributed by atoms with E-state index < -0.39 is 5.41 Å². The first kappa shape index (κ1) is 15.0. The largest absolute Gasteiger partial charge is 0.395 e. The van der Waals surface area contributed by atoms with Gasteiger partial charge in [-0.3, -0.25) is 0 Å². The minimum absolute atomic E-state index is 0.112. The molecule has 0 saturated heterocycles. The van der Waals surface area contributed by atoms with Gasteiger partial charge in [-0.25, -0.2) is 0 Å². The van der Waals surface area contributed by atoms with Crippen LogP contribution in [-0.2, 0) is 11.8 Å². The predicted molar refractivity (Wildman–Crippen MR) is 82.2 cm³/mol. The van der Waals surface area contributed by atoms with E-state index in [0.29, 0.717) is 11.4 Å². The van der Waals surface area contributed by atoms with Crippen molar-refractivity contribution in [3.8, 4) is 0 Å². The Hall–Kier alpha value is -1.35. The van der Waals surface area contributed by atoms with E-state index in [0.717, 1.165) is 16.7 Å². The third-order valence-electron chi connectivity index (χ3n) is 3.67. The van der Waals surface area contributed by atoms with E-state index in [1.54, 1.807) is 0 Å². The van der Waals surface area contributed by atoms with E-state index in [9.17, 15) is 10.2 Å². The van der Waals surface area contributed by atoms with Gasteiger partial charge in [-0.1, -0.05) is 53.6 Å². The number of aliphatic hydroxyl groups excluding tert-OH is 2. The van der Waals surface area contributed by atoms with Crippen molar-refractivity contribution in [3.63, 3.8) is 0 Å². The maximum atomic E-state index is 9.86. The monoisotopic (exact) mass is 290 g/mol. The van der Waals surface area contributed by atoms with Crippen LogP contribution >= 0.6 is 11.6 Å². The summed E-state index contributed by atoms with van der Waals surface area (Å²) in [5.41, 5.74) is 2.38. The number of aryl methyl sites for hydroxylation is 1. The molecule has 0 spiro atoms. The van der Waals surface area contributed by atoms with Gasteiger partial charge in [0.2, 0.25) is 0 Å². The standard InChI is InChI=1S/C17H19ClO2/c1-13-4-2-6-15(8-13)17(11-19,12-20)10-14-5-3-7-16(18)9-14/h2-9,19-20H,10-12H2,1H3. The molecule has 0 unspecified atom stereocenters. The molecule has 2 N–H and O–H groups in total. The van der Waals surface area contributed by atoms with Crippen LogP contribution in [0.3, 0.4) is 0 Å². The van der Waals surface area contributed by atoms with E-state index in [-0.39, 0.29) is 13.2 Å². The molecule has 0 bridgehead atoms. The van der Waals surface area contributed by atoms with Crippen LogP contribution in [0.5, 0.6) is 0 Å². The van der Waals surface area contributed by atoms with Gasteiger partial charge >= 0.3 is 0 Å². The van der Waals surface area contributed by atoms with Crippen molar-refractivity contribution in [2.24, 2.45) is 0 Å². The molecular weight excluding hydrogens is 272 g/mol. The fourth-order valence-electron chi connectivity index (χ4n) is 2.46. The average molecular weight is 291 g/mol. The van der Waals surface area contributed by atoms with Crippen LogP contribution in [-0.4, -0.2) is 23.4 Å². The summed E-state index contributed by atoms with van der Waals surface area (Å²) in [6.45, 7) is 1.78. The molecule has 2 rings (SSSR count). The lowest BCUT2D eigenvalue weighted by Crippen LogP contribution is -2.37. The van der Waals surface area contributed by atoms with Gasteiger partial charge in [0.15, 0.2) is 0 Å². The molecule has 0 saturated carbocycles. The molecule has 0 aliphatic heterocycles. The molecule has 0 fully saturated rings. The van der Waals surface area contributed by atoms with Crippen molar-refractivity contribution in [3.05, 3.63) is 70.2 Å². The highest BCUT2D eigenvalue weighted by Crippen LogP contribution is 2.29. The lowest BCUT2D eigenvalue weighted by atomic mass is 9.76. The lowest BCUT2D eigenvalue weighted by molar-refractivity contribution is 0.116. The SMILES string of the molecule is Cc1cccc(C(CO)(CO)Cc2cccc(Cl)c2)c1. The topological polar surface area (TPSA) is 40.5 Å². The van der Waals surface area contributed by atoms with Gasteiger partial charge in [-0.2, -0.15) is 0 Å². The maximum absolute atomic E-state index is 9.86. The van der Waals surface area contributed by atoms with Crippen LogP contribution < -0.4 is 0 Å². The number of halogens is 1. The Bertz CT molecular complexity index is 577. The summed E-state index contributed by atoms with van der Waals surface area (Å²) in [5.74, 6) is 0. The summed E-state index contributed by atoms with van der Waals surface area (Å²) < 4.78 is 0. The number of rotatable bonds is 5. The zero-order chi connectivity index (χ0) is 14.6. The molecular formula is C17H19ClO2. The molecule has 0 aromatic heterocycles. The highest BCUT2D eigenvalue weighted by Gasteiger charge is 2.31. The van der Waals surface area contributed by atoms with Crippen LogP contribution in [0.1, 0.15) is 16.7 Å². The highest BCUT2D eigenvalue weighted by molar-refractivity contribution is 6.30. The van der Waals surface area contributed by atoms with Gasteiger partial charge in [0.1, 0.15) is 0 Å². The summed E-state index contributed by atoms with van der Waals surface area (Å²) in [7, 11) is 0. The molecule has 20 heavy (non-hydrogen) atoms. The first-order valence-electron chi connectivity index (χ1n) is 6.63. The van der Waals surface area contributed by atoms with Crippen LogP contribution in [0.15, 0.2) is 48.5 Å². The van der Waals surface area contributed by atoms with Crippen molar-refractivity contribution in [1.82, 2.24) is 0 Å². The van der Waals surface area contributed by atoms with Gasteiger partial charge in [-0.05, 0) is 36.6 Å². The normalized spacial score (nSPS) is 11.6. The Morgan fingerprint density at radius 2 is 1.70 bits per heavy atom. The molecule has 0 aliphatic rings. The van der Waals surface area contributed by atoms with Gasteiger partial charge < -0.3 is 10.2 Å². The summed E-state index contributed by atoms with van der Waals surface area (Å²) in [5, 5.41) is 20.4. The fraction of sp³-hybridized carbons (Fsp3) is 0.294. The Balaban J connectivity index is 2.39. The zero-order valence-electron chi connectivity index (χ0n) is 11.5. The van der Waals surface area contributed by atoms with Crippen LogP contribution in [0.2, 0.25) is 5.02 Å². The van der Waals surface area contributed by atoms with Gasteiger partial charge in [0.05, 0.1) is 13.2 Å². The third kappa shape index (κ3) is 3.21. The molecule has 0 heterocycles. The molecule has 2 aromatic carbocycles. The van der Waals surface area contributed by atoms with E-state index in [1.807, 2.05) is 55.5 Å². The van der Waals surface area contributed by atoms with Crippen LogP contribution in [0.4, 0.5) is 0 Å². The lowest BCUT2D eigenvalue weighted by Gasteiger charge is -2.31. The summed E-state index contributed by atoms with van der Waals surface area (Å²) >= 11 is 6.01. The summed E-state index contributed by atoms with van der Waals surface area (Å²) in [6.07, 6.45) is 0.546. The molecule has 0 amide bonds.